The van der Waals surface area contributed by atoms with Crippen LogP contribution in [0.5, 0.6) is 0 Å². The van der Waals surface area contributed by atoms with Crippen LogP contribution in [0, 0.1) is 0 Å². The summed E-state index contributed by atoms with van der Waals surface area (Å²) in [6.45, 7) is 4.77. The van der Waals surface area contributed by atoms with E-state index in [9.17, 15) is 0 Å². The van der Waals surface area contributed by atoms with Crippen LogP contribution in [0.4, 0.5) is 17.1 Å². The summed E-state index contributed by atoms with van der Waals surface area (Å²) in [4.78, 5) is 2.47. The Hall–Kier alpha value is -6.96. The van der Waals surface area contributed by atoms with Crippen molar-refractivity contribution in [1.82, 2.24) is 0 Å². The maximum atomic E-state index is 2.47. The summed E-state index contributed by atoms with van der Waals surface area (Å²) < 4.78 is 0. The van der Waals surface area contributed by atoms with Gasteiger partial charge in [-0.1, -0.05) is 196 Å². The van der Waals surface area contributed by atoms with E-state index in [1.807, 2.05) is 0 Å². The highest BCUT2D eigenvalue weighted by Crippen LogP contribution is 2.64. The molecule has 57 heavy (non-hydrogen) atoms. The molecule has 270 valence electrons. The molecule has 9 aromatic carbocycles. The molecule has 1 spiro atoms. The summed E-state index contributed by atoms with van der Waals surface area (Å²) in [7, 11) is 0. The van der Waals surface area contributed by atoms with E-state index >= 15 is 0 Å². The highest BCUT2D eigenvalue weighted by atomic mass is 15.1. The van der Waals surface area contributed by atoms with Crippen molar-refractivity contribution in [2.45, 2.75) is 24.7 Å². The second-order valence-electron chi connectivity index (χ2n) is 16.0. The standard InChI is InChI=1S/C56H41N/c1-55(2)48-24-10-12-26-50(48)56(51-27-13-11-25-49(51)55)47-23-9-8-21-46(47)54-52(56)28-15-29-53(54)57(42-34-30-39(31-35-42)38-16-4-3-5-17-38)43-36-32-41(33-37-43)45-22-14-19-40-18-6-7-20-44(40)45/h3-37H,1-2H3. The number of fused-ring (bicyclic) bond motifs is 10. The zero-order valence-corrected chi connectivity index (χ0v) is 32.2. The molecular formula is C56H41N. The van der Waals surface area contributed by atoms with E-state index in [4.69, 9.17) is 0 Å². The second kappa shape index (κ2) is 12.8. The lowest BCUT2D eigenvalue weighted by Crippen LogP contribution is -2.40. The third-order valence-electron chi connectivity index (χ3n) is 12.8. The Morgan fingerprint density at radius 3 is 1.49 bits per heavy atom. The van der Waals surface area contributed by atoms with Crippen LogP contribution in [-0.2, 0) is 10.8 Å². The fourth-order valence-corrected chi connectivity index (χ4v) is 10.2. The van der Waals surface area contributed by atoms with Crippen molar-refractivity contribution in [2.75, 3.05) is 4.90 Å². The summed E-state index contributed by atoms with van der Waals surface area (Å²) in [6, 6.07) is 78.7. The van der Waals surface area contributed by atoms with Gasteiger partial charge in [0.15, 0.2) is 0 Å². The van der Waals surface area contributed by atoms with Crippen molar-refractivity contribution in [3.8, 4) is 33.4 Å². The number of rotatable bonds is 5. The zero-order chi connectivity index (χ0) is 38.1. The van der Waals surface area contributed by atoms with Gasteiger partial charge in [-0.2, -0.15) is 0 Å². The van der Waals surface area contributed by atoms with Gasteiger partial charge in [0.1, 0.15) is 0 Å². The van der Waals surface area contributed by atoms with Gasteiger partial charge < -0.3 is 4.90 Å². The predicted octanol–water partition coefficient (Wildman–Crippen LogP) is 14.6. The summed E-state index contributed by atoms with van der Waals surface area (Å²) in [5.41, 5.74) is 18.4. The van der Waals surface area contributed by atoms with Crippen molar-refractivity contribution < 1.29 is 0 Å². The number of nitrogens with zero attached hydrogens (tertiary/aromatic N) is 1. The van der Waals surface area contributed by atoms with Crippen LogP contribution in [0.2, 0.25) is 0 Å². The lowest BCUT2D eigenvalue weighted by Gasteiger charge is -2.46. The first-order valence-electron chi connectivity index (χ1n) is 20.0. The maximum Gasteiger partial charge on any atom is 0.0720 e. The minimum absolute atomic E-state index is 0.147. The molecule has 1 nitrogen and oxygen atoms in total. The lowest BCUT2D eigenvalue weighted by molar-refractivity contribution is 0.563. The fourth-order valence-electron chi connectivity index (χ4n) is 10.2. The van der Waals surface area contributed by atoms with Crippen LogP contribution >= 0.6 is 0 Å². The van der Waals surface area contributed by atoms with E-state index < -0.39 is 5.41 Å². The Labute approximate surface area is 335 Å². The summed E-state index contributed by atoms with van der Waals surface area (Å²) in [6.07, 6.45) is 0. The molecule has 0 aliphatic heterocycles. The van der Waals surface area contributed by atoms with Gasteiger partial charge in [0.05, 0.1) is 11.1 Å². The molecule has 0 fully saturated rings. The topological polar surface area (TPSA) is 3.24 Å². The molecule has 0 amide bonds. The largest absolute Gasteiger partial charge is 0.310 e. The number of hydrogen-bond acceptors (Lipinski definition) is 1. The van der Waals surface area contributed by atoms with Gasteiger partial charge in [-0.05, 0) is 102 Å². The molecule has 0 N–H and O–H groups in total. The first-order valence-corrected chi connectivity index (χ1v) is 20.0. The van der Waals surface area contributed by atoms with Crippen LogP contribution in [0.15, 0.2) is 212 Å². The van der Waals surface area contributed by atoms with E-state index in [1.165, 1.54) is 83.2 Å². The van der Waals surface area contributed by atoms with Gasteiger partial charge in [-0.15, -0.1) is 0 Å². The van der Waals surface area contributed by atoms with Crippen molar-refractivity contribution in [1.29, 1.82) is 0 Å². The molecular weight excluding hydrogens is 687 g/mol. The molecule has 0 unspecified atom stereocenters. The van der Waals surface area contributed by atoms with Crippen molar-refractivity contribution in [3.63, 3.8) is 0 Å². The van der Waals surface area contributed by atoms with Gasteiger partial charge in [-0.3, -0.25) is 0 Å². The van der Waals surface area contributed by atoms with Crippen LogP contribution in [0.1, 0.15) is 47.2 Å². The predicted molar refractivity (Wildman–Crippen MR) is 239 cm³/mol. The molecule has 0 atom stereocenters. The molecule has 2 aliphatic rings. The Kier molecular flexibility index (Phi) is 7.50. The monoisotopic (exact) mass is 727 g/mol. The number of anilines is 3. The zero-order valence-electron chi connectivity index (χ0n) is 32.2. The molecule has 0 aromatic heterocycles. The van der Waals surface area contributed by atoms with E-state index in [1.54, 1.807) is 0 Å². The first kappa shape index (κ1) is 33.4. The smallest absolute Gasteiger partial charge is 0.0720 e. The molecule has 0 bridgehead atoms. The van der Waals surface area contributed by atoms with E-state index in [-0.39, 0.29) is 5.41 Å². The third kappa shape index (κ3) is 4.89. The normalized spacial score (nSPS) is 14.1. The molecule has 1 heteroatoms. The maximum absolute atomic E-state index is 2.47. The summed E-state index contributed by atoms with van der Waals surface area (Å²) in [5, 5.41) is 2.51. The number of hydrogen-bond donors (Lipinski definition) is 0. The van der Waals surface area contributed by atoms with Gasteiger partial charge in [-0.25, -0.2) is 0 Å². The van der Waals surface area contributed by atoms with Crippen LogP contribution in [0.25, 0.3) is 44.2 Å². The Morgan fingerprint density at radius 1 is 0.333 bits per heavy atom. The van der Waals surface area contributed by atoms with Gasteiger partial charge in [0, 0.05) is 22.4 Å². The molecule has 0 saturated heterocycles. The summed E-state index contributed by atoms with van der Waals surface area (Å²) >= 11 is 0. The molecule has 0 radical (unpaired) electrons. The van der Waals surface area contributed by atoms with Gasteiger partial charge >= 0.3 is 0 Å². The van der Waals surface area contributed by atoms with E-state index in [2.05, 4.69) is 231 Å². The lowest BCUT2D eigenvalue weighted by atomic mass is 9.55. The quantitative estimate of drug-likeness (QED) is 0.171. The average Bonchev–Trinajstić information content (AvgIpc) is 3.58. The highest BCUT2D eigenvalue weighted by molar-refractivity contribution is 6.00. The third-order valence-corrected chi connectivity index (χ3v) is 12.8. The Balaban J connectivity index is 1.16. The van der Waals surface area contributed by atoms with Crippen molar-refractivity contribution in [2.24, 2.45) is 0 Å². The summed E-state index contributed by atoms with van der Waals surface area (Å²) in [5.74, 6) is 0. The Morgan fingerprint density at radius 2 is 0.807 bits per heavy atom. The van der Waals surface area contributed by atoms with Gasteiger partial charge in [0.2, 0.25) is 0 Å². The SMILES string of the molecule is CC1(C)c2ccccc2C2(c3ccccc3-c3c(N(c4ccc(-c5ccccc5)cc4)c4ccc(-c5cccc6ccccc56)cc4)cccc32)c2ccccc21. The second-order valence-corrected chi connectivity index (χ2v) is 16.0. The number of benzene rings is 9. The molecule has 11 rings (SSSR count). The van der Waals surface area contributed by atoms with Crippen LogP contribution < -0.4 is 4.90 Å². The van der Waals surface area contributed by atoms with Crippen molar-refractivity contribution >= 4 is 27.8 Å². The van der Waals surface area contributed by atoms with E-state index in [0.717, 1.165) is 11.4 Å². The van der Waals surface area contributed by atoms with E-state index in [0.29, 0.717) is 0 Å². The molecule has 9 aromatic rings. The average molecular weight is 728 g/mol. The molecule has 0 saturated carbocycles. The molecule has 2 aliphatic carbocycles. The van der Waals surface area contributed by atoms with Crippen LogP contribution in [-0.4, -0.2) is 0 Å². The first-order chi connectivity index (χ1) is 28.0. The van der Waals surface area contributed by atoms with Crippen molar-refractivity contribution in [3.05, 3.63) is 246 Å². The minimum Gasteiger partial charge on any atom is -0.310 e. The Bertz CT molecular complexity index is 2920. The minimum atomic E-state index is -0.467. The fraction of sp³-hybridized carbons (Fsp3) is 0.0714. The van der Waals surface area contributed by atoms with Gasteiger partial charge in [0.25, 0.3) is 0 Å². The molecule has 0 heterocycles. The highest BCUT2D eigenvalue weighted by Gasteiger charge is 2.53. The van der Waals surface area contributed by atoms with Crippen LogP contribution in [0.3, 0.4) is 0 Å².